The second kappa shape index (κ2) is 6.46. The molecule has 2 heterocycles. The molecule has 0 saturated carbocycles. The molecule has 0 bridgehead atoms. The van der Waals surface area contributed by atoms with Gasteiger partial charge in [0.05, 0.1) is 17.6 Å². The first-order chi connectivity index (χ1) is 11.4. The fourth-order valence-corrected chi connectivity index (χ4v) is 2.82. The van der Waals surface area contributed by atoms with E-state index in [4.69, 9.17) is 0 Å². The van der Waals surface area contributed by atoms with Gasteiger partial charge in [0.15, 0.2) is 0 Å². The molecule has 1 aliphatic rings. The number of hydrogen-bond acceptors (Lipinski definition) is 3. The molecular formula is C16H20FN5O2. The third-order valence-electron chi connectivity index (χ3n) is 4.18. The summed E-state index contributed by atoms with van der Waals surface area (Å²) in [6, 6.07) is 4.05. The van der Waals surface area contributed by atoms with E-state index in [1.807, 2.05) is 0 Å². The van der Waals surface area contributed by atoms with Gasteiger partial charge in [-0.3, -0.25) is 4.79 Å². The number of carbonyl (C=O) groups excluding carboxylic acids is 2. The maximum atomic E-state index is 13.2. The summed E-state index contributed by atoms with van der Waals surface area (Å²) in [6.07, 6.45) is 1.09. The average molecular weight is 333 g/mol. The summed E-state index contributed by atoms with van der Waals surface area (Å²) in [4.78, 5) is 34.2. The van der Waals surface area contributed by atoms with Crippen molar-refractivity contribution in [2.45, 2.75) is 25.4 Å². The van der Waals surface area contributed by atoms with E-state index < -0.39 is 0 Å². The molecule has 3 amide bonds. The van der Waals surface area contributed by atoms with Crippen molar-refractivity contribution >= 4 is 23.0 Å². The SMILES string of the molecule is CN1CC(NC(=O)N(C)Cc2nc3ccc(F)cc3[nH]2)CCC1=O. The molecule has 7 nitrogen and oxygen atoms in total. The molecular weight excluding hydrogens is 313 g/mol. The number of H-pyrrole nitrogens is 1. The Hall–Kier alpha value is -2.64. The third kappa shape index (κ3) is 3.47. The van der Waals surface area contributed by atoms with Crippen molar-refractivity contribution in [2.75, 3.05) is 20.6 Å². The third-order valence-corrected chi connectivity index (χ3v) is 4.18. The number of piperidine rings is 1. The lowest BCUT2D eigenvalue weighted by Crippen LogP contribution is -2.51. The number of amides is 3. The summed E-state index contributed by atoms with van der Waals surface area (Å²) in [5, 5.41) is 2.92. The Morgan fingerprint density at radius 3 is 3.08 bits per heavy atom. The lowest BCUT2D eigenvalue weighted by Gasteiger charge is -2.31. The molecule has 2 N–H and O–H groups in total. The zero-order chi connectivity index (χ0) is 17.3. The fourth-order valence-electron chi connectivity index (χ4n) is 2.82. The molecule has 1 aromatic heterocycles. The summed E-state index contributed by atoms with van der Waals surface area (Å²) in [5.41, 5.74) is 1.26. The van der Waals surface area contributed by atoms with Gasteiger partial charge in [0.25, 0.3) is 0 Å². The normalized spacial score (nSPS) is 18.0. The number of halogens is 1. The second-order valence-electron chi connectivity index (χ2n) is 6.16. The summed E-state index contributed by atoms with van der Waals surface area (Å²) >= 11 is 0. The van der Waals surface area contributed by atoms with Crippen molar-refractivity contribution < 1.29 is 14.0 Å². The number of likely N-dealkylation sites (N-methyl/N-ethyl adjacent to an activating group) is 1. The van der Waals surface area contributed by atoms with Crippen LogP contribution in [0.25, 0.3) is 11.0 Å². The van der Waals surface area contributed by atoms with Crippen LogP contribution in [-0.2, 0) is 11.3 Å². The zero-order valence-corrected chi connectivity index (χ0v) is 13.7. The van der Waals surface area contributed by atoms with Crippen LogP contribution in [0, 0.1) is 5.82 Å². The van der Waals surface area contributed by atoms with E-state index >= 15 is 0 Å². The quantitative estimate of drug-likeness (QED) is 0.892. The van der Waals surface area contributed by atoms with Crippen LogP contribution < -0.4 is 5.32 Å². The van der Waals surface area contributed by atoms with Crippen LogP contribution in [0.2, 0.25) is 0 Å². The van der Waals surface area contributed by atoms with Gasteiger partial charge in [0.2, 0.25) is 5.91 Å². The summed E-state index contributed by atoms with van der Waals surface area (Å²) < 4.78 is 13.2. The molecule has 0 radical (unpaired) electrons. The molecule has 1 fully saturated rings. The van der Waals surface area contributed by atoms with Crippen molar-refractivity contribution in [2.24, 2.45) is 0 Å². The minimum atomic E-state index is -0.334. The Bertz CT molecular complexity index is 775. The molecule has 8 heteroatoms. The minimum absolute atomic E-state index is 0.0487. The van der Waals surface area contributed by atoms with Crippen molar-refractivity contribution in [1.82, 2.24) is 25.1 Å². The number of benzene rings is 1. The summed E-state index contributed by atoms with van der Waals surface area (Å²) in [7, 11) is 3.40. The molecule has 1 aliphatic heterocycles. The monoisotopic (exact) mass is 333 g/mol. The number of aromatic amines is 1. The Labute approximate surface area is 138 Å². The molecule has 24 heavy (non-hydrogen) atoms. The van der Waals surface area contributed by atoms with E-state index in [0.29, 0.717) is 36.2 Å². The van der Waals surface area contributed by atoms with E-state index in [1.165, 1.54) is 17.0 Å². The first kappa shape index (κ1) is 16.2. The van der Waals surface area contributed by atoms with Crippen LogP contribution in [-0.4, -0.2) is 58.4 Å². The lowest BCUT2D eigenvalue weighted by molar-refractivity contribution is -0.132. The number of rotatable bonds is 3. The maximum Gasteiger partial charge on any atom is 0.317 e. The molecule has 1 aromatic carbocycles. The number of nitrogens with zero attached hydrogens (tertiary/aromatic N) is 3. The number of urea groups is 1. The Morgan fingerprint density at radius 2 is 2.33 bits per heavy atom. The first-order valence-corrected chi connectivity index (χ1v) is 7.82. The number of imidazole rings is 1. The molecule has 1 saturated heterocycles. The second-order valence-corrected chi connectivity index (χ2v) is 6.16. The largest absolute Gasteiger partial charge is 0.344 e. The number of aromatic nitrogens is 2. The highest BCUT2D eigenvalue weighted by atomic mass is 19.1. The molecule has 2 aromatic rings. The van der Waals surface area contributed by atoms with Gasteiger partial charge in [-0.1, -0.05) is 0 Å². The highest BCUT2D eigenvalue weighted by Gasteiger charge is 2.25. The smallest absolute Gasteiger partial charge is 0.317 e. The van der Waals surface area contributed by atoms with Gasteiger partial charge in [-0.05, 0) is 24.6 Å². The number of fused-ring (bicyclic) bond motifs is 1. The predicted octanol–water partition coefficient (Wildman–Crippen LogP) is 1.46. The summed E-state index contributed by atoms with van der Waals surface area (Å²) in [5.74, 6) is 0.354. The van der Waals surface area contributed by atoms with Crippen molar-refractivity contribution in [3.05, 3.63) is 29.8 Å². The molecule has 1 atom stereocenters. The molecule has 128 valence electrons. The standard InChI is InChI=1S/C16H20FN5O2/c1-21-8-11(4-6-15(21)23)18-16(24)22(2)9-14-19-12-5-3-10(17)7-13(12)20-14/h3,5,7,11H,4,6,8-9H2,1-2H3,(H,18,24)(H,19,20). The van der Waals surface area contributed by atoms with Crippen LogP contribution >= 0.6 is 0 Å². The predicted molar refractivity (Wildman–Crippen MR) is 86.7 cm³/mol. The van der Waals surface area contributed by atoms with Gasteiger partial charge in [0.1, 0.15) is 11.6 Å². The van der Waals surface area contributed by atoms with Gasteiger partial charge in [-0.15, -0.1) is 0 Å². The van der Waals surface area contributed by atoms with Crippen LogP contribution in [0.5, 0.6) is 0 Å². The van der Waals surface area contributed by atoms with Crippen LogP contribution in [0.15, 0.2) is 18.2 Å². The van der Waals surface area contributed by atoms with Gasteiger partial charge in [0, 0.05) is 33.1 Å². The highest BCUT2D eigenvalue weighted by Crippen LogP contribution is 2.14. The molecule has 0 aliphatic carbocycles. The Balaban J connectivity index is 1.60. The summed E-state index contributed by atoms with van der Waals surface area (Å²) in [6.45, 7) is 0.798. The lowest BCUT2D eigenvalue weighted by atomic mass is 10.1. The van der Waals surface area contributed by atoms with Crippen molar-refractivity contribution in [1.29, 1.82) is 0 Å². The maximum absolute atomic E-state index is 13.2. The van der Waals surface area contributed by atoms with Crippen molar-refractivity contribution in [3.8, 4) is 0 Å². The van der Waals surface area contributed by atoms with E-state index in [1.54, 1.807) is 25.1 Å². The highest BCUT2D eigenvalue weighted by molar-refractivity contribution is 5.78. The first-order valence-electron chi connectivity index (χ1n) is 7.82. The van der Waals surface area contributed by atoms with Crippen molar-refractivity contribution in [3.63, 3.8) is 0 Å². The van der Waals surface area contributed by atoms with E-state index in [0.717, 1.165) is 0 Å². The van der Waals surface area contributed by atoms with E-state index in [-0.39, 0.29) is 30.3 Å². The molecule has 0 spiro atoms. The Morgan fingerprint density at radius 1 is 1.54 bits per heavy atom. The minimum Gasteiger partial charge on any atom is -0.344 e. The van der Waals surface area contributed by atoms with Crippen LogP contribution in [0.1, 0.15) is 18.7 Å². The number of likely N-dealkylation sites (tertiary alicyclic amines) is 1. The molecule has 1 unspecified atom stereocenters. The fraction of sp³-hybridized carbons (Fsp3) is 0.438. The average Bonchev–Trinajstić information content (AvgIpc) is 2.92. The van der Waals surface area contributed by atoms with Gasteiger partial charge >= 0.3 is 6.03 Å². The zero-order valence-electron chi connectivity index (χ0n) is 13.7. The topological polar surface area (TPSA) is 81.3 Å². The molecule has 3 rings (SSSR count). The Kier molecular flexibility index (Phi) is 4.37. The van der Waals surface area contributed by atoms with E-state index in [2.05, 4.69) is 15.3 Å². The number of nitrogens with one attached hydrogen (secondary N) is 2. The van der Waals surface area contributed by atoms with E-state index in [9.17, 15) is 14.0 Å². The van der Waals surface area contributed by atoms with Gasteiger partial charge < -0.3 is 20.1 Å². The number of carbonyl (C=O) groups is 2. The van der Waals surface area contributed by atoms with Crippen LogP contribution in [0.4, 0.5) is 9.18 Å². The van der Waals surface area contributed by atoms with Gasteiger partial charge in [-0.2, -0.15) is 0 Å². The van der Waals surface area contributed by atoms with Crippen LogP contribution in [0.3, 0.4) is 0 Å². The van der Waals surface area contributed by atoms with Gasteiger partial charge in [-0.25, -0.2) is 14.2 Å². The number of hydrogen-bond donors (Lipinski definition) is 2.